The summed E-state index contributed by atoms with van der Waals surface area (Å²) < 4.78 is 17.5. The lowest BCUT2D eigenvalue weighted by molar-refractivity contribution is 0.0535. The average molecular weight is 187 g/mol. The lowest BCUT2D eigenvalue weighted by Crippen LogP contribution is -1.93. The zero-order chi connectivity index (χ0) is 8.72. The summed E-state index contributed by atoms with van der Waals surface area (Å²) in [5.41, 5.74) is 0.808. The highest BCUT2D eigenvalue weighted by atomic mass is 35.5. The van der Waals surface area contributed by atoms with E-state index < -0.39 is 11.8 Å². The van der Waals surface area contributed by atoms with Crippen molar-refractivity contribution in [2.45, 2.75) is 6.61 Å². The van der Waals surface area contributed by atoms with Crippen LogP contribution in [0.4, 0.5) is 4.39 Å². The van der Waals surface area contributed by atoms with E-state index in [0.717, 1.165) is 6.07 Å². The van der Waals surface area contributed by atoms with Crippen LogP contribution in [0.25, 0.3) is 0 Å². The molecule has 12 heavy (non-hydrogen) atoms. The minimum atomic E-state index is -0.520. The van der Waals surface area contributed by atoms with Crippen LogP contribution >= 0.6 is 11.6 Å². The van der Waals surface area contributed by atoms with Crippen molar-refractivity contribution in [2.75, 3.05) is 0 Å². The van der Waals surface area contributed by atoms with E-state index in [2.05, 4.69) is 4.74 Å². The SMILES string of the molecule is O=C1OCc2c1ccc(F)c2Cl. The predicted octanol–water partition coefficient (Wildman–Crippen LogP) is 2.15. The maximum atomic E-state index is 12.8. The highest BCUT2D eigenvalue weighted by molar-refractivity contribution is 6.32. The zero-order valence-electron chi connectivity index (χ0n) is 5.93. The third-order valence-electron chi connectivity index (χ3n) is 1.76. The molecule has 0 aromatic heterocycles. The molecule has 1 aromatic rings. The van der Waals surface area contributed by atoms with Crippen LogP contribution in [-0.4, -0.2) is 5.97 Å². The second kappa shape index (κ2) is 2.45. The van der Waals surface area contributed by atoms with Gasteiger partial charge in [0, 0.05) is 5.56 Å². The summed E-state index contributed by atoms with van der Waals surface area (Å²) >= 11 is 5.60. The van der Waals surface area contributed by atoms with E-state index in [4.69, 9.17) is 11.6 Å². The summed E-state index contributed by atoms with van der Waals surface area (Å²) in [6.07, 6.45) is 0. The van der Waals surface area contributed by atoms with Gasteiger partial charge in [0.25, 0.3) is 0 Å². The normalized spacial score (nSPS) is 14.3. The molecule has 4 heteroatoms. The summed E-state index contributed by atoms with van der Waals surface area (Å²) in [7, 11) is 0. The fraction of sp³-hybridized carbons (Fsp3) is 0.125. The molecule has 1 aliphatic rings. The molecule has 2 nitrogen and oxygen atoms in total. The van der Waals surface area contributed by atoms with Crippen LogP contribution in [0.1, 0.15) is 15.9 Å². The smallest absolute Gasteiger partial charge is 0.338 e. The van der Waals surface area contributed by atoms with Crippen LogP contribution in [0.15, 0.2) is 12.1 Å². The van der Waals surface area contributed by atoms with Crippen molar-refractivity contribution in [2.24, 2.45) is 0 Å². The number of esters is 1. The van der Waals surface area contributed by atoms with E-state index in [9.17, 15) is 9.18 Å². The Kier molecular flexibility index (Phi) is 1.54. The Morgan fingerprint density at radius 2 is 2.25 bits per heavy atom. The average Bonchev–Trinajstić information content (AvgIpc) is 2.41. The number of halogens is 2. The van der Waals surface area contributed by atoms with Crippen LogP contribution < -0.4 is 0 Å². The standard InChI is InChI=1S/C8H4ClFO2/c9-7-5-3-12-8(11)4(5)1-2-6(7)10/h1-2H,3H2. The minimum Gasteiger partial charge on any atom is -0.457 e. The van der Waals surface area contributed by atoms with Gasteiger partial charge < -0.3 is 4.74 Å². The largest absolute Gasteiger partial charge is 0.457 e. The van der Waals surface area contributed by atoms with E-state index >= 15 is 0 Å². The van der Waals surface area contributed by atoms with Crippen molar-refractivity contribution in [1.29, 1.82) is 0 Å². The molecule has 62 valence electrons. The van der Waals surface area contributed by atoms with Gasteiger partial charge in [-0.25, -0.2) is 9.18 Å². The number of carbonyl (C=O) groups is 1. The van der Waals surface area contributed by atoms with Gasteiger partial charge in [0.1, 0.15) is 12.4 Å². The lowest BCUT2D eigenvalue weighted by Gasteiger charge is -1.97. The van der Waals surface area contributed by atoms with Gasteiger partial charge in [0.2, 0.25) is 0 Å². The number of benzene rings is 1. The first-order chi connectivity index (χ1) is 5.70. The predicted molar refractivity (Wildman–Crippen MR) is 40.5 cm³/mol. The zero-order valence-corrected chi connectivity index (χ0v) is 6.69. The van der Waals surface area contributed by atoms with Crippen LogP contribution in [0.3, 0.4) is 0 Å². The first kappa shape index (κ1) is 7.55. The van der Waals surface area contributed by atoms with Crippen LogP contribution in [0.5, 0.6) is 0 Å². The van der Waals surface area contributed by atoms with Crippen molar-refractivity contribution in [3.8, 4) is 0 Å². The molecule has 1 aliphatic heterocycles. The van der Waals surface area contributed by atoms with E-state index in [-0.39, 0.29) is 11.6 Å². The van der Waals surface area contributed by atoms with E-state index in [1.165, 1.54) is 6.07 Å². The molecule has 0 bridgehead atoms. The minimum absolute atomic E-state index is 0.0154. The maximum absolute atomic E-state index is 12.8. The molecule has 0 amide bonds. The molecule has 0 atom stereocenters. The summed E-state index contributed by atoms with van der Waals surface area (Å²) in [5.74, 6) is -0.958. The Balaban J connectivity index is 2.68. The molecule has 0 saturated carbocycles. The number of rotatable bonds is 0. The first-order valence-electron chi connectivity index (χ1n) is 3.34. The molecule has 0 saturated heterocycles. The highest BCUT2D eigenvalue weighted by Gasteiger charge is 2.24. The van der Waals surface area contributed by atoms with Gasteiger partial charge in [-0.1, -0.05) is 11.6 Å². The highest BCUT2D eigenvalue weighted by Crippen LogP contribution is 2.29. The summed E-state index contributed by atoms with van der Waals surface area (Å²) in [5, 5.41) is -0.0154. The Morgan fingerprint density at radius 1 is 1.50 bits per heavy atom. The molecule has 0 aliphatic carbocycles. The van der Waals surface area contributed by atoms with Crippen molar-refractivity contribution in [3.63, 3.8) is 0 Å². The quantitative estimate of drug-likeness (QED) is 0.581. The first-order valence-corrected chi connectivity index (χ1v) is 3.72. The molecule has 1 aromatic carbocycles. The van der Waals surface area contributed by atoms with Crippen molar-refractivity contribution >= 4 is 17.6 Å². The number of hydrogen-bond acceptors (Lipinski definition) is 2. The Labute approximate surface area is 72.9 Å². The summed E-state index contributed by atoms with van der Waals surface area (Å²) in [4.78, 5) is 10.9. The van der Waals surface area contributed by atoms with Crippen molar-refractivity contribution in [3.05, 3.63) is 34.1 Å². The van der Waals surface area contributed by atoms with Gasteiger partial charge in [-0.2, -0.15) is 0 Å². The second-order valence-corrected chi connectivity index (χ2v) is 2.84. The molecule has 0 radical (unpaired) electrons. The molecule has 0 spiro atoms. The van der Waals surface area contributed by atoms with Crippen LogP contribution in [0.2, 0.25) is 5.02 Å². The molecular formula is C8H4ClFO2. The van der Waals surface area contributed by atoms with Crippen LogP contribution in [0, 0.1) is 5.82 Å². The Hall–Kier alpha value is -1.09. The lowest BCUT2D eigenvalue weighted by atomic mass is 10.1. The molecule has 0 fully saturated rings. The van der Waals surface area contributed by atoms with E-state index in [1.807, 2.05) is 0 Å². The van der Waals surface area contributed by atoms with Crippen molar-refractivity contribution < 1.29 is 13.9 Å². The summed E-state index contributed by atoms with van der Waals surface area (Å²) in [6, 6.07) is 2.54. The Bertz CT molecular complexity index is 362. The van der Waals surface area contributed by atoms with Gasteiger partial charge in [0.15, 0.2) is 0 Å². The van der Waals surface area contributed by atoms with E-state index in [0.29, 0.717) is 11.1 Å². The van der Waals surface area contributed by atoms with Crippen molar-refractivity contribution in [1.82, 2.24) is 0 Å². The maximum Gasteiger partial charge on any atom is 0.338 e. The molecule has 0 N–H and O–H groups in total. The fourth-order valence-electron chi connectivity index (χ4n) is 1.14. The van der Waals surface area contributed by atoms with Gasteiger partial charge in [-0.3, -0.25) is 0 Å². The monoisotopic (exact) mass is 186 g/mol. The molecule has 2 rings (SSSR count). The molecular weight excluding hydrogens is 183 g/mol. The van der Waals surface area contributed by atoms with Gasteiger partial charge in [0.05, 0.1) is 10.6 Å². The number of ether oxygens (including phenoxy) is 1. The number of carbonyl (C=O) groups excluding carboxylic acids is 1. The fourth-order valence-corrected chi connectivity index (χ4v) is 1.36. The molecule has 0 unspecified atom stereocenters. The van der Waals surface area contributed by atoms with E-state index in [1.54, 1.807) is 0 Å². The number of cyclic esters (lactones) is 1. The van der Waals surface area contributed by atoms with Crippen LogP contribution in [-0.2, 0) is 11.3 Å². The number of fused-ring (bicyclic) bond motifs is 1. The topological polar surface area (TPSA) is 26.3 Å². The van der Waals surface area contributed by atoms with Gasteiger partial charge in [-0.15, -0.1) is 0 Å². The summed E-state index contributed by atoms with van der Waals surface area (Å²) in [6.45, 7) is 0.0742. The van der Waals surface area contributed by atoms with Gasteiger partial charge in [-0.05, 0) is 12.1 Å². The van der Waals surface area contributed by atoms with Gasteiger partial charge >= 0.3 is 5.97 Å². The number of hydrogen-bond donors (Lipinski definition) is 0. The molecule has 1 heterocycles. The second-order valence-electron chi connectivity index (χ2n) is 2.46. The third kappa shape index (κ3) is 0.898. The third-order valence-corrected chi connectivity index (χ3v) is 2.17. The Morgan fingerprint density at radius 3 is 3.00 bits per heavy atom.